The van der Waals surface area contributed by atoms with Crippen LogP contribution in [-0.2, 0) is 0 Å². The van der Waals surface area contributed by atoms with Gasteiger partial charge in [0.2, 0.25) is 0 Å². The van der Waals surface area contributed by atoms with Crippen LogP contribution in [0.25, 0.3) is 10.6 Å². The van der Waals surface area contributed by atoms with E-state index < -0.39 is 5.82 Å². The number of hydrogen-bond donors (Lipinski definition) is 1. The fourth-order valence-corrected chi connectivity index (χ4v) is 3.90. The van der Waals surface area contributed by atoms with Gasteiger partial charge in [-0.3, -0.25) is 4.79 Å². The Labute approximate surface area is 150 Å². The Morgan fingerprint density at radius 1 is 1.40 bits per heavy atom. The summed E-state index contributed by atoms with van der Waals surface area (Å²) in [5.41, 5.74) is 1.31. The Morgan fingerprint density at radius 3 is 2.76 bits per heavy atom. The number of aromatic nitrogens is 1. The summed E-state index contributed by atoms with van der Waals surface area (Å²) >= 11 is 1.29. The SMILES string of the molecule is COc1ccc(-c2nc(C)c(C(=O)NC3CCN(C)CC3)s2)cc1F. The van der Waals surface area contributed by atoms with E-state index in [1.54, 1.807) is 12.1 Å². The topological polar surface area (TPSA) is 54.5 Å². The number of hydrogen-bond acceptors (Lipinski definition) is 5. The first-order valence-corrected chi connectivity index (χ1v) is 9.10. The van der Waals surface area contributed by atoms with Crippen molar-refractivity contribution in [3.05, 3.63) is 34.6 Å². The van der Waals surface area contributed by atoms with E-state index in [9.17, 15) is 9.18 Å². The van der Waals surface area contributed by atoms with Crippen molar-refractivity contribution in [1.29, 1.82) is 0 Å². The molecule has 0 bridgehead atoms. The Kier molecular flexibility index (Phi) is 5.34. The van der Waals surface area contributed by atoms with Crippen molar-refractivity contribution in [2.45, 2.75) is 25.8 Å². The van der Waals surface area contributed by atoms with Crippen molar-refractivity contribution in [1.82, 2.24) is 15.2 Å². The first-order valence-electron chi connectivity index (χ1n) is 8.28. The molecule has 3 rings (SSSR count). The number of halogens is 1. The van der Waals surface area contributed by atoms with Crippen molar-refractivity contribution in [3.63, 3.8) is 0 Å². The van der Waals surface area contributed by atoms with Gasteiger partial charge in [-0.05, 0) is 58.1 Å². The number of likely N-dealkylation sites (tertiary alicyclic amines) is 1. The molecule has 2 aromatic rings. The molecule has 1 saturated heterocycles. The average Bonchev–Trinajstić information content (AvgIpc) is 2.99. The zero-order valence-corrected chi connectivity index (χ0v) is 15.5. The summed E-state index contributed by atoms with van der Waals surface area (Å²) in [7, 11) is 3.52. The lowest BCUT2D eigenvalue weighted by molar-refractivity contribution is 0.0920. The molecule has 7 heteroatoms. The summed E-state index contributed by atoms with van der Waals surface area (Å²) in [6, 6.07) is 4.90. The molecule has 1 aromatic carbocycles. The van der Waals surface area contributed by atoms with Gasteiger partial charge in [-0.2, -0.15) is 0 Å². The van der Waals surface area contributed by atoms with Crippen LogP contribution in [0.4, 0.5) is 4.39 Å². The normalized spacial score (nSPS) is 16.0. The number of methoxy groups -OCH3 is 1. The largest absolute Gasteiger partial charge is 0.494 e. The van der Waals surface area contributed by atoms with Crippen LogP contribution in [0.15, 0.2) is 18.2 Å². The molecule has 1 aliphatic rings. The number of nitrogens with one attached hydrogen (secondary N) is 1. The maximum atomic E-state index is 13.9. The van der Waals surface area contributed by atoms with Crippen molar-refractivity contribution in [2.75, 3.05) is 27.2 Å². The molecule has 0 radical (unpaired) electrons. The van der Waals surface area contributed by atoms with E-state index in [0.29, 0.717) is 21.1 Å². The lowest BCUT2D eigenvalue weighted by Gasteiger charge is -2.29. The monoisotopic (exact) mass is 363 g/mol. The second kappa shape index (κ2) is 7.49. The van der Waals surface area contributed by atoms with Crippen LogP contribution < -0.4 is 10.1 Å². The van der Waals surface area contributed by atoms with Gasteiger partial charge in [0, 0.05) is 11.6 Å². The van der Waals surface area contributed by atoms with Crippen molar-refractivity contribution < 1.29 is 13.9 Å². The second-order valence-corrected chi connectivity index (χ2v) is 7.33. The minimum atomic E-state index is -0.440. The first-order chi connectivity index (χ1) is 12.0. The Balaban J connectivity index is 1.75. The van der Waals surface area contributed by atoms with Gasteiger partial charge in [-0.25, -0.2) is 9.37 Å². The number of carbonyl (C=O) groups excluding carboxylic acids is 1. The molecule has 1 amide bonds. The highest BCUT2D eigenvalue weighted by Gasteiger charge is 2.22. The minimum Gasteiger partial charge on any atom is -0.494 e. The van der Waals surface area contributed by atoms with Gasteiger partial charge in [0.05, 0.1) is 12.8 Å². The standard InChI is InChI=1S/C18H22FN3O2S/c1-11-16(17(23)21-13-6-8-22(2)9-7-13)25-18(20-11)12-4-5-15(24-3)14(19)10-12/h4-5,10,13H,6-9H2,1-3H3,(H,21,23). The Morgan fingerprint density at radius 2 is 2.12 bits per heavy atom. The van der Waals surface area contributed by atoms with Crippen LogP contribution in [-0.4, -0.2) is 49.1 Å². The van der Waals surface area contributed by atoms with Gasteiger partial charge in [0.1, 0.15) is 9.88 Å². The number of thiazole rings is 1. The third-order valence-electron chi connectivity index (χ3n) is 4.46. The van der Waals surface area contributed by atoms with E-state index in [0.717, 1.165) is 25.9 Å². The number of ether oxygens (including phenoxy) is 1. The molecule has 1 aromatic heterocycles. The molecule has 0 saturated carbocycles. The molecule has 25 heavy (non-hydrogen) atoms. The van der Waals surface area contributed by atoms with Gasteiger partial charge in [-0.15, -0.1) is 11.3 Å². The number of nitrogens with zero attached hydrogens (tertiary/aromatic N) is 2. The van der Waals surface area contributed by atoms with Crippen LogP contribution >= 0.6 is 11.3 Å². The number of rotatable bonds is 4. The van der Waals surface area contributed by atoms with Crippen LogP contribution in [0.3, 0.4) is 0 Å². The third kappa shape index (κ3) is 3.99. The van der Waals surface area contributed by atoms with E-state index in [-0.39, 0.29) is 17.7 Å². The summed E-state index contributed by atoms with van der Waals surface area (Å²) in [4.78, 5) is 19.9. The molecular weight excluding hydrogens is 341 g/mol. The molecule has 0 aliphatic carbocycles. The summed E-state index contributed by atoms with van der Waals surface area (Å²) in [5, 5.41) is 3.73. The van der Waals surface area contributed by atoms with E-state index >= 15 is 0 Å². The maximum Gasteiger partial charge on any atom is 0.263 e. The predicted molar refractivity (Wildman–Crippen MR) is 96.8 cm³/mol. The van der Waals surface area contributed by atoms with Crippen molar-refractivity contribution in [3.8, 4) is 16.3 Å². The second-order valence-electron chi connectivity index (χ2n) is 6.33. The Hall–Kier alpha value is -1.99. The van der Waals surface area contributed by atoms with Crippen LogP contribution in [0.2, 0.25) is 0 Å². The molecule has 1 fully saturated rings. The highest BCUT2D eigenvalue weighted by atomic mass is 32.1. The van der Waals surface area contributed by atoms with E-state index in [4.69, 9.17) is 4.74 Å². The van der Waals surface area contributed by atoms with Crippen LogP contribution in [0.5, 0.6) is 5.75 Å². The predicted octanol–water partition coefficient (Wildman–Crippen LogP) is 3.09. The fourth-order valence-electron chi connectivity index (χ4n) is 2.93. The smallest absolute Gasteiger partial charge is 0.263 e. The van der Waals surface area contributed by atoms with Gasteiger partial charge in [0.15, 0.2) is 11.6 Å². The number of piperidine rings is 1. The van der Waals surface area contributed by atoms with E-state index in [1.807, 2.05) is 6.92 Å². The number of carbonyl (C=O) groups is 1. The van der Waals surface area contributed by atoms with E-state index in [1.165, 1.54) is 24.5 Å². The molecule has 0 unspecified atom stereocenters. The van der Waals surface area contributed by atoms with E-state index in [2.05, 4.69) is 22.2 Å². The zero-order valence-electron chi connectivity index (χ0n) is 14.6. The highest BCUT2D eigenvalue weighted by Crippen LogP contribution is 2.30. The number of benzene rings is 1. The molecule has 1 N–H and O–H groups in total. The molecule has 5 nitrogen and oxygen atoms in total. The molecule has 2 heterocycles. The summed E-state index contributed by atoms with van der Waals surface area (Å²) < 4.78 is 18.8. The minimum absolute atomic E-state index is 0.0928. The molecule has 0 atom stereocenters. The summed E-state index contributed by atoms with van der Waals surface area (Å²) in [6.45, 7) is 3.79. The summed E-state index contributed by atoms with van der Waals surface area (Å²) in [5.74, 6) is -0.341. The lowest BCUT2D eigenvalue weighted by Crippen LogP contribution is -2.43. The van der Waals surface area contributed by atoms with Crippen LogP contribution in [0.1, 0.15) is 28.2 Å². The summed E-state index contributed by atoms with van der Waals surface area (Å²) in [6.07, 6.45) is 1.91. The van der Waals surface area contributed by atoms with Crippen LogP contribution in [0, 0.1) is 12.7 Å². The first kappa shape index (κ1) is 17.8. The van der Waals surface area contributed by atoms with Gasteiger partial charge in [-0.1, -0.05) is 0 Å². The number of aryl methyl sites for hydroxylation is 1. The lowest BCUT2D eigenvalue weighted by atomic mass is 10.1. The fraction of sp³-hybridized carbons (Fsp3) is 0.444. The third-order valence-corrected chi connectivity index (χ3v) is 5.66. The maximum absolute atomic E-state index is 13.9. The highest BCUT2D eigenvalue weighted by molar-refractivity contribution is 7.17. The quantitative estimate of drug-likeness (QED) is 0.907. The van der Waals surface area contributed by atoms with Crippen molar-refractivity contribution in [2.24, 2.45) is 0 Å². The zero-order chi connectivity index (χ0) is 18.0. The van der Waals surface area contributed by atoms with Crippen molar-refractivity contribution >= 4 is 17.2 Å². The van der Waals surface area contributed by atoms with Gasteiger partial charge in [0.25, 0.3) is 5.91 Å². The Bertz CT molecular complexity index is 770. The average molecular weight is 363 g/mol. The van der Waals surface area contributed by atoms with Gasteiger partial charge < -0.3 is 15.0 Å². The molecule has 1 aliphatic heterocycles. The van der Waals surface area contributed by atoms with Gasteiger partial charge >= 0.3 is 0 Å². The molecular formula is C18H22FN3O2S. The molecule has 134 valence electrons. The molecule has 0 spiro atoms. The number of amides is 1.